The molecule has 0 spiro atoms. The largest absolute Gasteiger partial charge is 0.370 e. The Bertz CT molecular complexity index is 386. The van der Waals surface area contributed by atoms with Crippen molar-refractivity contribution in [2.45, 2.75) is 39.2 Å². The predicted molar refractivity (Wildman–Crippen MR) is 91.9 cm³/mol. The summed E-state index contributed by atoms with van der Waals surface area (Å²) in [5, 5.41) is 3.70. The number of benzene rings is 1. The second-order valence-corrected chi connectivity index (χ2v) is 6.65. The van der Waals surface area contributed by atoms with Gasteiger partial charge in [-0.25, -0.2) is 0 Å². The van der Waals surface area contributed by atoms with E-state index < -0.39 is 0 Å². The van der Waals surface area contributed by atoms with E-state index in [9.17, 15) is 0 Å². The molecule has 1 atom stereocenters. The highest BCUT2D eigenvalue weighted by Gasteiger charge is 2.17. The van der Waals surface area contributed by atoms with Gasteiger partial charge in [0.15, 0.2) is 0 Å². The summed E-state index contributed by atoms with van der Waals surface area (Å²) >= 11 is 2.09. The van der Waals surface area contributed by atoms with Crippen LogP contribution in [0.5, 0.6) is 0 Å². The molecule has 1 aliphatic rings. The number of thioether (sulfide) groups is 1. The van der Waals surface area contributed by atoms with E-state index in [1.165, 1.54) is 48.7 Å². The molecule has 2 rings (SSSR count). The first kappa shape index (κ1) is 15.7. The predicted octanol–water partition coefficient (Wildman–Crippen LogP) is 4.08. The number of anilines is 1. The Balaban J connectivity index is 2.19. The summed E-state index contributed by atoms with van der Waals surface area (Å²) in [5.74, 6) is 2.57. The Morgan fingerprint density at radius 1 is 1.20 bits per heavy atom. The Morgan fingerprint density at radius 2 is 2.05 bits per heavy atom. The van der Waals surface area contributed by atoms with Gasteiger partial charge in [-0.15, -0.1) is 0 Å². The van der Waals surface area contributed by atoms with Crippen molar-refractivity contribution in [3.63, 3.8) is 0 Å². The third-order valence-corrected chi connectivity index (χ3v) is 4.97. The fourth-order valence-corrected chi connectivity index (χ4v) is 3.74. The van der Waals surface area contributed by atoms with Crippen LogP contribution in [0.4, 0.5) is 5.69 Å². The molecule has 0 bridgehead atoms. The molecule has 0 saturated carbocycles. The maximum atomic E-state index is 3.70. The Kier molecular flexibility index (Phi) is 6.74. The van der Waals surface area contributed by atoms with E-state index in [1.54, 1.807) is 0 Å². The molecule has 1 aliphatic heterocycles. The van der Waals surface area contributed by atoms with Crippen molar-refractivity contribution in [2.24, 2.45) is 0 Å². The number of nitrogens with one attached hydrogen (secondary N) is 1. The molecule has 1 aromatic carbocycles. The summed E-state index contributed by atoms with van der Waals surface area (Å²) in [5.41, 5.74) is 2.93. The van der Waals surface area contributed by atoms with Gasteiger partial charge in [0.25, 0.3) is 0 Å². The van der Waals surface area contributed by atoms with E-state index in [0.717, 1.165) is 13.0 Å². The normalized spacial score (nSPS) is 17.8. The standard InChI is InChI=1S/C17H28N2S/c1-3-10-18-16(4-2)15-8-5-6-9-17(15)19-11-7-13-20-14-12-19/h5-6,8-9,16,18H,3-4,7,10-14H2,1-2H3. The average Bonchev–Trinajstić information content (AvgIpc) is 2.77. The van der Waals surface area contributed by atoms with Crippen LogP contribution in [0.1, 0.15) is 44.7 Å². The highest BCUT2D eigenvalue weighted by atomic mass is 32.2. The van der Waals surface area contributed by atoms with Crippen molar-refractivity contribution in [3.05, 3.63) is 29.8 Å². The summed E-state index contributed by atoms with van der Waals surface area (Å²) in [6.45, 7) is 8.00. The van der Waals surface area contributed by atoms with Gasteiger partial charge in [-0.1, -0.05) is 32.0 Å². The van der Waals surface area contributed by atoms with Crippen LogP contribution in [0.15, 0.2) is 24.3 Å². The molecule has 0 aliphatic carbocycles. The van der Waals surface area contributed by atoms with Crippen molar-refractivity contribution in [2.75, 3.05) is 36.0 Å². The first-order valence-electron chi connectivity index (χ1n) is 8.01. The van der Waals surface area contributed by atoms with Crippen LogP contribution in [-0.4, -0.2) is 31.1 Å². The van der Waals surface area contributed by atoms with Crippen LogP contribution < -0.4 is 10.2 Å². The van der Waals surface area contributed by atoms with Crippen LogP contribution in [0.2, 0.25) is 0 Å². The minimum Gasteiger partial charge on any atom is -0.370 e. The lowest BCUT2D eigenvalue weighted by Crippen LogP contribution is -2.29. The molecule has 0 amide bonds. The highest BCUT2D eigenvalue weighted by molar-refractivity contribution is 7.99. The van der Waals surface area contributed by atoms with Crippen molar-refractivity contribution >= 4 is 17.4 Å². The zero-order valence-electron chi connectivity index (χ0n) is 12.9. The fourth-order valence-electron chi connectivity index (χ4n) is 2.85. The molecule has 1 saturated heterocycles. The third-order valence-electron chi connectivity index (χ3n) is 3.92. The molecule has 0 radical (unpaired) electrons. The van der Waals surface area contributed by atoms with Gasteiger partial charge < -0.3 is 10.2 Å². The molecule has 112 valence electrons. The highest BCUT2D eigenvalue weighted by Crippen LogP contribution is 2.29. The van der Waals surface area contributed by atoms with Crippen molar-refractivity contribution in [1.29, 1.82) is 0 Å². The zero-order valence-corrected chi connectivity index (χ0v) is 13.7. The summed E-state index contributed by atoms with van der Waals surface area (Å²) in [6.07, 6.45) is 3.65. The Labute approximate surface area is 128 Å². The molecule has 1 aromatic rings. The molecular formula is C17H28N2S. The molecule has 1 unspecified atom stereocenters. The maximum absolute atomic E-state index is 3.70. The Hall–Kier alpha value is -0.670. The van der Waals surface area contributed by atoms with Gasteiger partial charge >= 0.3 is 0 Å². The minimum atomic E-state index is 0.488. The zero-order chi connectivity index (χ0) is 14.2. The first-order valence-corrected chi connectivity index (χ1v) is 9.17. The quantitative estimate of drug-likeness (QED) is 0.850. The van der Waals surface area contributed by atoms with Crippen LogP contribution >= 0.6 is 11.8 Å². The lowest BCUT2D eigenvalue weighted by molar-refractivity contribution is 0.517. The van der Waals surface area contributed by atoms with E-state index in [-0.39, 0.29) is 0 Å². The van der Waals surface area contributed by atoms with E-state index in [0.29, 0.717) is 6.04 Å². The molecule has 2 nitrogen and oxygen atoms in total. The topological polar surface area (TPSA) is 15.3 Å². The van der Waals surface area contributed by atoms with Gasteiger partial charge in [0.2, 0.25) is 0 Å². The molecule has 1 heterocycles. The number of nitrogens with zero attached hydrogens (tertiary/aromatic N) is 1. The smallest absolute Gasteiger partial charge is 0.0414 e. The summed E-state index contributed by atoms with van der Waals surface area (Å²) in [4.78, 5) is 2.59. The molecular weight excluding hydrogens is 264 g/mol. The van der Waals surface area contributed by atoms with Crippen molar-refractivity contribution < 1.29 is 0 Å². The average molecular weight is 292 g/mol. The van der Waals surface area contributed by atoms with Gasteiger partial charge in [-0.05, 0) is 43.2 Å². The lowest BCUT2D eigenvalue weighted by Gasteiger charge is -2.28. The number of hydrogen-bond donors (Lipinski definition) is 1. The second kappa shape index (κ2) is 8.58. The SMILES string of the molecule is CCCNC(CC)c1ccccc1N1CCCSCC1. The third kappa shape index (κ3) is 4.16. The molecule has 0 aromatic heterocycles. The summed E-state index contributed by atoms with van der Waals surface area (Å²) < 4.78 is 0. The van der Waals surface area contributed by atoms with E-state index in [2.05, 4.69) is 60.1 Å². The Morgan fingerprint density at radius 3 is 2.85 bits per heavy atom. The number of rotatable bonds is 6. The van der Waals surface area contributed by atoms with E-state index in [4.69, 9.17) is 0 Å². The monoisotopic (exact) mass is 292 g/mol. The number of para-hydroxylation sites is 1. The van der Waals surface area contributed by atoms with E-state index in [1.807, 2.05) is 0 Å². The van der Waals surface area contributed by atoms with Gasteiger partial charge in [-0.2, -0.15) is 11.8 Å². The van der Waals surface area contributed by atoms with E-state index >= 15 is 0 Å². The van der Waals surface area contributed by atoms with Crippen LogP contribution in [0, 0.1) is 0 Å². The van der Waals surface area contributed by atoms with Crippen LogP contribution in [0.25, 0.3) is 0 Å². The molecule has 1 N–H and O–H groups in total. The molecule has 3 heteroatoms. The van der Waals surface area contributed by atoms with Gasteiger partial charge in [0.05, 0.1) is 0 Å². The maximum Gasteiger partial charge on any atom is 0.0414 e. The van der Waals surface area contributed by atoms with Gasteiger partial charge in [0.1, 0.15) is 0 Å². The number of hydrogen-bond acceptors (Lipinski definition) is 3. The van der Waals surface area contributed by atoms with Crippen LogP contribution in [0.3, 0.4) is 0 Å². The first-order chi connectivity index (χ1) is 9.86. The van der Waals surface area contributed by atoms with Crippen molar-refractivity contribution in [1.82, 2.24) is 5.32 Å². The van der Waals surface area contributed by atoms with Gasteiger partial charge in [-0.3, -0.25) is 0 Å². The van der Waals surface area contributed by atoms with Crippen molar-refractivity contribution in [3.8, 4) is 0 Å². The molecule has 1 fully saturated rings. The second-order valence-electron chi connectivity index (χ2n) is 5.43. The molecule has 20 heavy (non-hydrogen) atoms. The van der Waals surface area contributed by atoms with Crippen LogP contribution in [-0.2, 0) is 0 Å². The fraction of sp³-hybridized carbons (Fsp3) is 0.647. The minimum absolute atomic E-state index is 0.488. The van der Waals surface area contributed by atoms with Gasteiger partial charge in [0, 0.05) is 30.6 Å². The summed E-state index contributed by atoms with van der Waals surface area (Å²) in [6, 6.07) is 9.47. The lowest BCUT2D eigenvalue weighted by atomic mass is 10.0. The summed E-state index contributed by atoms with van der Waals surface area (Å²) in [7, 11) is 0.